The van der Waals surface area contributed by atoms with Gasteiger partial charge in [0.1, 0.15) is 0 Å². The Morgan fingerprint density at radius 1 is 1.16 bits per heavy atom. The van der Waals surface area contributed by atoms with Crippen LogP contribution in [-0.2, 0) is 16.4 Å². The van der Waals surface area contributed by atoms with Gasteiger partial charge in [-0.3, -0.25) is 10.1 Å². The summed E-state index contributed by atoms with van der Waals surface area (Å²) in [5.41, 5.74) is 1.61. The van der Waals surface area contributed by atoms with Crippen molar-refractivity contribution in [3.05, 3.63) is 98.1 Å². The molecule has 8 nitrogen and oxygen atoms in total. The number of benzene rings is 3. The Labute approximate surface area is 184 Å². The van der Waals surface area contributed by atoms with Gasteiger partial charge in [0.15, 0.2) is 0 Å². The zero-order chi connectivity index (χ0) is 22.6. The van der Waals surface area contributed by atoms with Crippen molar-refractivity contribution in [1.29, 1.82) is 0 Å². The molecular weight excluding hydrogens is 442 g/mol. The summed E-state index contributed by atoms with van der Waals surface area (Å²) in [6, 6.07) is 15.9. The number of hydrogen-bond donors (Lipinski definition) is 2. The molecule has 0 fully saturated rings. The van der Waals surface area contributed by atoms with Crippen LogP contribution in [0.2, 0.25) is 5.02 Å². The number of rotatable bonds is 7. The summed E-state index contributed by atoms with van der Waals surface area (Å²) in [7, 11) is -3.93. The van der Waals surface area contributed by atoms with Crippen LogP contribution < -0.4 is 4.83 Å². The van der Waals surface area contributed by atoms with Crippen LogP contribution in [0.25, 0.3) is 0 Å². The minimum Gasteiger partial charge on any atom is -0.502 e. The number of nitro benzene ring substituents is 1. The molecule has 0 aliphatic rings. The average molecular weight is 460 g/mol. The van der Waals surface area contributed by atoms with Crippen molar-refractivity contribution < 1.29 is 18.4 Å². The van der Waals surface area contributed by atoms with E-state index >= 15 is 0 Å². The van der Waals surface area contributed by atoms with Gasteiger partial charge in [-0.15, -0.1) is 0 Å². The van der Waals surface area contributed by atoms with Crippen molar-refractivity contribution in [3.63, 3.8) is 0 Å². The molecule has 0 aliphatic carbocycles. The number of aromatic hydroxyl groups is 1. The first-order valence-corrected chi connectivity index (χ1v) is 10.9. The highest BCUT2D eigenvalue weighted by atomic mass is 35.5. The van der Waals surface area contributed by atoms with Crippen molar-refractivity contribution in [3.8, 4) is 5.75 Å². The number of sulfonamides is 1. The molecule has 0 aliphatic heterocycles. The van der Waals surface area contributed by atoms with Crippen LogP contribution in [-0.4, -0.2) is 24.7 Å². The maximum Gasteiger partial charge on any atom is 0.311 e. The van der Waals surface area contributed by atoms with Gasteiger partial charge in [-0.2, -0.15) is 13.5 Å². The number of halogens is 1. The lowest BCUT2D eigenvalue weighted by Gasteiger charge is -2.08. The van der Waals surface area contributed by atoms with Crippen LogP contribution in [0.4, 0.5) is 5.69 Å². The molecule has 0 atom stereocenters. The van der Waals surface area contributed by atoms with E-state index in [4.69, 9.17) is 11.6 Å². The monoisotopic (exact) mass is 459 g/mol. The van der Waals surface area contributed by atoms with Gasteiger partial charge >= 0.3 is 5.69 Å². The number of phenolic OH excluding ortho intramolecular Hbond substituents is 1. The van der Waals surface area contributed by atoms with E-state index in [9.17, 15) is 23.6 Å². The first kappa shape index (κ1) is 22.3. The van der Waals surface area contributed by atoms with Crippen molar-refractivity contribution in [2.45, 2.75) is 18.2 Å². The highest BCUT2D eigenvalue weighted by Gasteiger charge is 2.19. The molecule has 3 rings (SSSR count). The molecule has 0 saturated carbocycles. The topological polar surface area (TPSA) is 122 Å². The molecule has 160 valence electrons. The lowest BCUT2D eigenvalue weighted by molar-refractivity contribution is -0.385. The molecule has 3 aromatic rings. The molecule has 31 heavy (non-hydrogen) atoms. The van der Waals surface area contributed by atoms with E-state index in [0.29, 0.717) is 10.6 Å². The lowest BCUT2D eigenvalue weighted by Crippen LogP contribution is -2.18. The second-order valence-corrected chi connectivity index (χ2v) is 8.81. The number of nitrogens with one attached hydrogen (secondary N) is 1. The largest absolute Gasteiger partial charge is 0.502 e. The number of aryl methyl sites for hydroxylation is 1. The Morgan fingerprint density at radius 2 is 1.84 bits per heavy atom. The summed E-state index contributed by atoms with van der Waals surface area (Å²) in [4.78, 5) is 12.7. The van der Waals surface area contributed by atoms with Crippen LogP contribution in [0.15, 0.2) is 70.7 Å². The smallest absolute Gasteiger partial charge is 0.311 e. The van der Waals surface area contributed by atoms with Gasteiger partial charge in [0.2, 0.25) is 5.75 Å². The summed E-state index contributed by atoms with van der Waals surface area (Å²) in [6.45, 7) is 1.83. The van der Waals surface area contributed by atoms with Crippen molar-refractivity contribution in [2.75, 3.05) is 0 Å². The third-order valence-electron chi connectivity index (χ3n) is 4.44. The van der Waals surface area contributed by atoms with Gasteiger partial charge in [0.25, 0.3) is 10.0 Å². The lowest BCUT2D eigenvalue weighted by atomic mass is 10.0. The van der Waals surface area contributed by atoms with E-state index in [0.717, 1.165) is 17.3 Å². The van der Waals surface area contributed by atoms with Crippen LogP contribution in [0.1, 0.15) is 22.3 Å². The molecule has 0 heterocycles. The maximum atomic E-state index is 12.3. The highest BCUT2D eigenvalue weighted by molar-refractivity contribution is 7.89. The van der Waals surface area contributed by atoms with Crippen LogP contribution in [0, 0.1) is 17.0 Å². The van der Waals surface area contributed by atoms with Crippen LogP contribution >= 0.6 is 11.6 Å². The molecular formula is C21H18ClN3O5S. The summed E-state index contributed by atoms with van der Waals surface area (Å²) in [5, 5.41) is 25.8. The Bertz CT molecular complexity index is 1260. The SMILES string of the molecule is Cc1ccc(S(=O)(=O)NN=Cc2cc(Cc3ccccc3Cl)cc([N+](=O)[O-])c2O)cc1. The Hall–Kier alpha value is -3.43. The first-order chi connectivity index (χ1) is 14.7. The average Bonchev–Trinajstić information content (AvgIpc) is 2.71. The zero-order valence-electron chi connectivity index (χ0n) is 16.3. The molecule has 0 unspecified atom stereocenters. The summed E-state index contributed by atoms with van der Waals surface area (Å²) < 4.78 is 24.7. The minimum absolute atomic E-state index is 0.0112. The standard InChI is InChI=1S/C21H18ClN3O5S/c1-14-6-8-18(9-7-14)31(29,30)24-23-13-17-11-15(12-20(21(17)26)25(27)28)10-16-4-2-3-5-19(16)22/h2-9,11-13,24,26H,10H2,1H3. The Kier molecular flexibility index (Phi) is 6.57. The molecule has 0 amide bonds. The molecule has 0 spiro atoms. The molecule has 0 saturated heterocycles. The highest BCUT2D eigenvalue weighted by Crippen LogP contribution is 2.32. The van der Waals surface area contributed by atoms with E-state index in [-0.39, 0.29) is 16.9 Å². The van der Waals surface area contributed by atoms with Gasteiger partial charge in [-0.05, 0) is 48.7 Å². The molecule has 2 N–H and O–H groups in total. The van der Waals surface area contributed by atoms with E-state index in [1.54, 1.807) is 36.4 Å². The second kappa shape index (κ2) is 9.15. The number of nitro groups is 1. The fraction of sp³-hybridized carbons (Fsp3) is 0.0952. The maximum absolute atomic E-state index is 12.3. The third kappa shape index (κ3) is 5.39. The summed E-state index contributed by atoms with van der Waals surface area (Å²) >= 11 is 6.16. The van der Waals surface area contributed by atoms with Gasteiger partial charge in [0, 0.05) is 16.7 Å². The summed E-state index contributed by atoms with van der Waals surface area (Å²) in [6.07, 6.45) is 1.29. The molecule has 0 aromatic heterocycles. The molecule has 10 heteroatoms. The Balaban J connectivity index is 1.90. The van der Waals surface area contributed by atoms with Crippen molar-refractivity contribution >= 4 is 33.5 Å². The van der Waals surface area contributed by atoms with Crippen molar-refractivity contribution in [2.24, 2.45) is 5.10 Å². The van der Waals surface area contributed by atoms with E-state index in [1.165, 1.54) is 24.3 Å². The number of hydrogen-bond acceptors (Lipinski definition) is 6. The predicted molar refractivity (Wildman–Crippen MR) is 118 cm³/mol. The predicted octanol–water partition coefficient (Wildman–Crippen LogP) is 4.17. The number of phenols is 1. The quantitative estimate of drug-likeness (QED) is 0.312. The van der Waals surface area contributed by atoms with Gasteiger partial charge in [-0.1, -0.05) is 47.5 Å². The first-order valence-electron chi connectivity index (χ1n) is 9.02. The Morgan fingerprint density at radius 3 is 2.48 bits per heavy atom. The van der Waals surface area contributed by atoms with Crippen LogP contribution in [0.3, 0.4) is 0 Å². The third-order valence-corrected chi connectivity index (χ3v) is 6.04. The van der Waals surface area contributed by atoms with E-state index in [2.05, 4.69) is 5.10 Å². The number of hydrazone groups is 1. The van der Waals surface area contributed by atoms with E-state index < -0.39 is 26.4 Å². The summed E-state index contributed by atoms with van der Waals surface area (Å²) in [5.74, 6) is -0.619. The van der Waals surface area contributed by atoms with Crippen molar-refractivity contribution in [1.82, 2.24) is 4.83 Å². The minimum atomic E-state index is -3.93. The fourth-order valence-corrected chi connectivity index (χ4v) is 3.83. The molecule has 0 bridgehead atoms. The van der Waals surface area contributed by atoms with Gasteiger partial charge in [0.05, 0.1) is 16.0 Å². The number of nitrogens with zero attached hydrogens (tertiary/aromatic N) is 2. The second-order valence-electron chi connectivity index (χ2n) is 6.74. The van der Waals surface area contributed by atoms with Gasteiger partial charge in [-0.25, -0.2) is 4.83 Å². The van der Waals surface area contributed by atoms with Crippen LogP contribution in [0.5, 0.6) is 5.75 Å². The van der Waals surface area contributed by atoms with E-state index in [1.807, 2.05) is 11.8 Å². The fourth-order valence-electron chi connectivity index (χ4n) is 2.84. The molecule has 0 radical (unpaired) electrons. The normalized spacial score (nSPS) is 11.5. The zero-order valence-corrected chi connectivity index (χ0v) is 17.9. The van der Waals surface area contributed by atoms with Gasteiger partial charge < -0.3 is 5.11 Å². The molecule has 3 aromatic carbocycles.